The lowest BCUT2D eigenvalue weighted by Crippen LogP contribution is -2.43. The van der Waals surface area contributed by atoms with Crippen LogP contribution in [-0.2, 0) is 20.7 Å². The maximum absolute atomic E-state index is 12.4. The second kappa shape index (κ2) is 8.56. The number of carbonyl (C=O) groups is 2. The summed E-state index contributed by atoms with van der Waals surface area (Å²) in [6, 6.07) is 7.58. The molecular weight excluding hydrogens is 294 g/mol. The summed E-state index contributed by atoms with van der Waals surface area (Å²) in [5.74, 6) is 0.492. The molecule has 0 saturated carbocycles. The lowest BCUT2D eigenvalue weighted by Gasteiger charge is -2.31. The molecule has 5 nitrogen and oxygen atoms in total. The van der Waals surface area contributed by atoms with Gasteiger partial charge >= 0.3 is 5.97 Å². The van der Waals surface area contributed by atoms with Crippen molar-refractivity contribution in [2.24, 2.45) is 5.92 Å². The van der Waals surface area contributed by atoms with Crippen LogP contribution in [0.1, 0.15) is 32.3 Å². The summed E-state index contributed by atoms with van der Waals surface area (Å²) in [7, 11) is 0. The predicted octanol–water partition coefficient (Wildman–Crippen LogP) is 2.43. The summed E-state index contributed by atoms with van der Waals surface area (Å²) >= 11 is 0. The quantitative estimate of drug-likeness (QED) is 0.756. The van der Waals surface area contributed by atoms with Crippen LogP contribution in [0.5, 0.6) is 5.75 Å². The minimum atomic E-state index is -0.189. The number of hydrogen-bond acceptors (Lipinski definition) is 4. The van der Waals surface area contributed by atoms with Crippen molar-refractivity contribution in [3.05, 3.63) is 29.8 Å². The molecule has 23 heavy (non-hydrogen) atoms. The van der Waals surface area contributed by atoms with Crippen LogP contribution in [0, 0.1) is 5.92 Å². The van der Waals surface area contributed by atoms with Crippen molar-refractivity contribution in [3.8, 4) is 5.75 Å². The molecular formula is C18H25NO4. The summed E-state index contributed by atoms with van der Waals surface area (Å²) in [5.41, 5.74) is 0.955. The second-order valence-electron chi connectivity index (χ2n) is 5.68. The fourth-order valence-corrected chi connectivity index (χ4v) is 2.81. The first-order chi connectivity index (χ1) is 11.1. The minimum Gasteiger partial charge on any atom is -0.494 e. The third kappa shape index (κ3) is 4.98. The van der Waals surface area contributed by atoms with Crippen molar-refractivity contribution < 1.29 is 19.1 Å². The monoisotopic (exact) mass is 319 g/mol. The van der Waals surface area contributed by atoms with Crippen LogP contribution < -0.4 is 4.74 Å². The maximum Gasteiger partial charge on any atom is 0.310 e. The van der Waals surface area contributed by atoms with Crippen molar-refractivity contribution >= 4 is 11.9 Å². The van der Waals surface area contributed by atoms with E-state index >= 15 is 0 Å². The standard InChI is InChI=1S/C18H25NO4/c1-3-22-16-9-7-14(8-10-16)12-17(20)19-11-5-6-15(13-19)18(21)23-4-2/h7-10,15H,3-6,11-13H2,1-2H3/t15-/m1/s1. The van der Waals surface area contributed by atoms with E-state index in [1.54, 1.807) is 11.8 Å². The number of carbonyl (C=O) groups excluding carboxylic acids is 2. The van der Waals surface area contributed by atoms with Gasteiger partial charge in [-0.2, -0.15) is 0 Å². The van der Waals surface area contributed by atoms with Gasteiger partial charge < -0.3 is 14.4 Å². The first-order valence-corrected chi connectivity index (χ1v) is 8.30. The van der Waals surface area contributed by atoms with E-state index in [0.29, 0.717) is 32.7 Å². The smallest absolute Gasteiger partial charge is 0.310 e. The van der Waals surface area contributed by atoms with Crippen molar-refractivity contribution in [2.45, 2.75) is 33.1 Å². The molecule has 1 aromatic rings. The number of piperidine rings is 1. The van der Waals surface area contributed by atoms with Gasteiger partial charge in [-0.15, -0.1) is 0 Å². The highest BCUT2D eigenvalue weighted by Crippen LogP contribution is 2.19. The number of hydrogen-bond donors (Lipinski definition) is 0. The zero-order valence-electron chi connectivity index (χ0n) is 13.9. The molecule has 126 valence electrons. The summed E-state index contributed by atoms with van der Waals surface area (Å²) in [6.07, 6.45) is 1.99. The Morgan fingerprint density at radius 1 is 1.17 bits per heavy atom. The fraction of sp³-hybridized carbons (Fsp3) is 0.556. The molecule has 0 unspecified atom stereocenters. The van der Waals surface area contributed by atoms with Gasteiger partial charge in [0, 0.05) is 13.1 Å². The van der Waals surface area contributed by atoms with Crippen molar-refractivity contribution in [2.75, 3.05) is 26.3 Å². The van der Waals surface area contributed by atoms with Gasteiger partial charge in [-0.05, 0) is 44.4 Å². The van der Waals surface area contributed by atoms with Gasteiger partial charge in [-0.1, -0.05) is 12.1 Å². The number of esters is 1. The lowest BCUT2D eigenvalue weighted by molar-refractivity contribution is -0.151. The van der Waals surface area contributed by atoms with Gasteiger partial charge in [0.25, 0.3) is 0 Å². The fourth-order valence-electron chi connectivity index (χ4n) is 2.81. The number of likely N-dealkylation sites (tertiary alicyclic amines) is 1. The van der Waals surface area contributed by atoms with Crippen LogP contribution in [0.15, 0.2) is 24.3 Å². The van der Waals surface area contributed by atoms with Crippen LogP contribution in [0.2, 0.25) is 0 Å². The van der Waals surface area contributed by atoms with Crippen molar-refractivity contribution in [1.29, 1.82) is 0 Å². The summed E-state index contributed by atoms with van der Waals surface area (Å²) < 4.78 is 10.5. The van der Waals surface area contributed by atoms with E-state index in [1.165, 1.54) is 0 Å². The maximum atomic E-state index is 12.4. The zero-order chi connectivity index (χ0) is 16.7. The van der Waals surface area contributed by atoms with Crippen LogP contribution in [0.25, 0.3) is 0 Å². The molecule has 5 heteroatoms. The summed E-state index contributed by atoms with van der Waals surface area (Å²) in [6.45, 7) is 5.93. The molecule has 2 rings (SSSR count). The molecule has 1 heterocycles. The van der Waals surface area contributed by atoms with Gasteiger partial charge in [0.15, 0.2) is 0 Å². The first kappa shape index (κ1) is 17.3. The highest BCUT2D eigenvalue weighted by Gasteiger charge is 2.29. The third-order valence-electron chi connectivity index (χ3n) is 3.98. The largest absolute Gasteiger partial charge is 0.494 e. The van der Waals surface area contributed by atoms with E-state index in [4.69, 9.17) is 9.47 Å². The van der Waals surface area contributed by atoms with E-state index < -0.39 is 0 Å². The summed E-state index contributed by atoms with van der Waals surface area (Å²) in [4.78, 5) is 26.1. The normalized spacial score (nSPS) is 17.7. The van der Waals surface area contributed by atoms with Gasteiger partial charge in [0.05, 0.1) is 25.6 Å². The Morgan fingerprint density at radius 2 is 1.91 bits per heavy atom. The highest BCUT2D eigenvalue weighted by atomic mass is 16.5. The molecule has 0 spiro atoms. The van der Waals surface area contributed by atoms with Gasteiger partial charge in [-0.25, -0.2) is 0 Å². The zero-order valence-corrected chi connectivity index (χ0v) is 13.9. The van der Waals surface area contributed by atoms with Crippen LogP contribution >= 0.6 is 0 Å². The average Bonchev–Trinajstić information content (AvgIpc) is 2.57. The Hall–Kier alpha value is -2.04. The molecule has 0 N–H and O–H groups in total. The molecule has 0 aliphatic carbocycles. The molecule has 1 amide bonds. The second-order valence-corrected chi connectivity index (χ2v) is 5.68. The molecule has 1 atom stereocenters. The number of benzene rings is 1. The average molecular weight is 319 g/mol. The van der Waals surface area contributed by atoms with E-state index in [2.05, 4.69) is 0 Å². The Bertz CT molecular complexity index is 526. The Labute approximate surface area is 137 Å². The molecule has 1 aliphatic rings. The van der Waals surface area contributed by atoms with Gasteiger partial charge in [-0.3, -0.25) is 9.59 Å². The van der Waals surface area contributed by atoms with Gasteiger partial charge in [0.1, 0.15) is 5.75 Å². The molecule has 1 fully saturated rings. The minimum absolute atomic E-state index is 0.0585. The number of rotatable bonds is 6. The van der Waals surface area contributed by atoms with E-state index in [1.807, 2.05) is 31.2 Å². The Morgan fingerprint density at radius 3 is 2.57 bits per heavy atom. The van der Waals surface area contributed by atoms with E-state index in [9.17, 15) is 9.59 Å². The van der Waals surface area contributed by atoms with Gasteiger partial charge in [0.2, 0.25) is 5.91 Å². The van der Waals surface area contributed by atoms with E-state index in [0.717, 1.165) is 24.2 Å². The number of nitrogens with zero attached hydrogens (tertiary/aromatic N) is 1. The number of amides is 1. The van der Waals surface area contributed by atoms with Crippen LogP contribution in [0.4, 0.5) is 0 Å². The molecule has 1 aliphatic heterocycles. The van der Waals surface area contributed by atoms with Crippen molar-refractivity contribution in [1.82, 2.24) is 4.90 Å². The highest BCUT2D eigenvalue weighted by molar-refractivity contribution is 5.80. The Balaban J connectivity index is 1.90. The topological polar surface area (TPSA) is 55.8 Å². The Kier molecular flexibility index (Phi) is 6.44. The SMILES string of the molecule is CCOC(=O)[C@@H]1CCCN(C(=O)Cc2ccc(OCC)cc2)C1. The van der Waals surface area contributed by atoms with Crippen LogP contribution in [0.3, 0.4) is 0 Å². The first-order valence-electron chi connectivity index (χ1n) is 8.30. The van der Waals surface area contributed by atoms with Crippen molar-refractivity contribution in [3.63, 3.8) is 0 Å². The molecule has 1 aromatic carbocycles. The molecule has 0 radical (unpaired) electrons. The number of ether oxygens (including phenoxy) is 2. The third-order valence-corrected chi connectivity index (χ3v) is 3.98. The van der Waals surface area contributed by atoms with E-state index in [-0.39, 0.29) is 17.8 Å². The van der Waals surface area contributed by atoms with Crippen LogP contribution in [-0.4, -0.2) is 43.1 Å². The summed E-state index contributed by atoms with van der Waals surface area (Å²) in [5, 5.41) is 0. The molecule has 1 saturated heterocycles. The lowest BCUT2D eigenvalue weighted by atomic mass is 9.97. The molecule has 0 aromatic heterocycles. The predicted molar refractivity (Wildman–Crippen MR) is 87.3 cm³/mol. The molecule has 0 bridgehead atoms.